The molecule has 26 heavy (non-hydrogen) atoms. The van der Waals surface area contributed by atoms with Crippen LogP contribution in [0.2, 0.25) is 0 Å². The predicted octanol–water partition coefficient (Wildman–Crippen LogP) is 2.67. The van der Waals surface area contributed by atoms with Gasteiger partial charge in [-0.05, 0) is 24.1 Å². The van der Waals surface area contributed by atoms with Crippen molar-refractivity contribution < 1.29 is 4.79 Å². The van der Waals surface area contributed by atoms with Crippen molar-refractivity contribution in [2.24, 2.45) is 0 Å². The van der Waals surface area contributed by atoms with Crippen molar-refractivity contribution in [1.82, 2.24) is 20.1 Å². The molecule has 1 aliphatic rings. The van der Waals surface area contributed by atoms with E-state index in [0.717, 1.165) is 30.8 Å². The summed E-state index contributed by atoms with van der Waals surface area (Å²) in [7, 11) is 1.89. The average molecular weight is 375 g/mol. The van der Waals surface area contributed by atoms with Crippen LogP contribution < -0.4 is 5.32 Å². The summed E-state index contributed by atoms with van der Waals surface area (Å²) >= 11 is 0. The van der Waals surface area contributed by atoms with Crippen molar-refractivity contribution in [1.29, 1.82) is 0 Å². The van der Waals surface area contributed by atoms with Crippen molar-refractivity contribution in [3.05, 3.63) is 66.0 Å². The molecule has 6 heteroatoms. The van der Waals surface area contributed by atoms with E-state index in [4.69, 9.17) is 0 Å². The molecule has 0 aliphatic carbocycles. The van der Waals surface area contributed by atoms with E-state index in [1.54, 1.807) is 6.20 Å². The second-order valence-corrected chi connectivity index (χ2v) is 6.57. The highest BCUT2D eigenvalue weighted by Gasteiger charge is 2.27. The Labute approximate surface area is 161 Å². The highest BCUT2D eigenvalue weighted by Crippen LogP contribution is 2.23. The van der Waals surface area contributed by atoms with Gasteiger partial charge in [0.15, 0.2) is 0 Å². The van der Waals surface area contributed by atoms with E-state index in [1.807, 2.05) is 42.4 Å². The van der Waals surface area contributed by atoms with Gasteiger partial charge in [-0.25, -0.2) is 0 Å². The topological polar surface area (TPSA) is 48.5 Å². The zero-order valence-corrected chi connectivity index (χ0v) is 16.2. The monoisotopic (exact) mass is 374 g/mol. The van der Waals surface area contributed by atoms with Crippen LogP contribution >= 0.6 is 12.4 Å². The molecule has 3 rings (SSSR count). The lowest BCUT2D eigenvalue weighted by Gasteiger charge is -2.37. The van der Waals surface area contributed by atoms with E-state index in [2.05, 4.69) is 40.3 Å². The summed E-state index contributed by atoms with van der Waals surface area (Å²) in [6.07, 6.45) is 3.68. The number of hydrogen-bond acceptors (Lipinski definition) is 4. The molecule has 1 aromatic carbocycles. The fourth-order valence-corrected chi connectivity index (χ4v) is 3.29. The summed E-state index contributed by atoms with van der Waals surface area (Å²) in [6.45, 7) is 5.11. The molecule has 1 aromatic heterocycles. The molecule has 2 atom stereocenters. The highest BCUT2D eigenvalue weighted by molar-refractivity contribution is 5.85. The molecule has 5 nitrogen and oxygen atoms in total. The number of benzene rings is 1. The molecule has 2 heterocycles. The number of aromatic nitrogens is 1. The number of likely N-dealkylation sites (N-methyl/N-ethyl adjacent to an activating group) is 1. The van der Waals surface area contributed by atoms with Crippen LogP contribution in [0.25, 0.3) is 0 Å². The molecule has 1 N–H and O–H groups in total. The lowest BCUT2D eigenvalue weighted by molar-refractivity contribution is -0.133. The Kier molecular flexibility index (Phi) is 7.57. The second-order valence-electron chi connectivity index (χ2n) is 6.57. The normalized spacial score (nSPS) is 18.6. The third-order valence-corrected chi connectivity index (χ3v) is 5.02. The molecule has 2 aromatic rings. The van der Waals surface area contributed by atoms with Crippen LogP contribution in [-0.4, -0.2) is 53.9 Å². The molecule has 0 bridgehead atoms. The number of carbonyl (C=O) groups is 1. The number of nitrogens with zero attached hydrogens (tertiary/aromatic N) is 3. The van der Waals surface area contributed by atoms with Crippen molar-refractivity contribution in [2.75, 3.05) is 33.2 Å². The van der Waals surface area contributed by atoms with Gasteiger partial charge in [0, 0.05) is 45.1 Å². The average Bonchev–Trinajstić information content (AvgIpc) is 2.68. The van der Waals surface area contributed by atoms with Gasteiger partial charge in [-0.3, -0.25) is 14.7 Å². The summed E-state index contributed by atoms with van der Waals surface area (Å²) in [6, 6.07) is 14.4. The van der Waals surface area contributed by atoms with E-state index in [0.29, 0.717) is 6.54 Å². The Bertz CT molecular complexity index is 683. The Morgan fingerprint density at radius 3 is 2.77 bits per heavy atom. The first-order valence-electron chi connectivity index (χ1n) is 8.82. The van der Waals surface area contributed by atoms with Crippen LogP contribution in [0.5, 0.6) is 0 Å². The first-order valence-corrected chi connectivity index (χ1v) is 8.82. The van der Waals surface area contributed by atoms with E-state index in [9.17, 15) is 4.79 Å². The first kappa shape index (κ1) is 20.4. The Morgan fingerprint density at radius 1 is 1.31 bits per heavy atom. The van der Waals surface area contributed by atoms with E-state index < -0.39 is 0 Å². The van der Waals surface area contributed by atoms with Gasteiger partial charge in [0.1, 0.15) is 0 Å². The largest absolute Gasteiger partial charge is 0.338 e. The summed E-state index contributed by atoms with van der Waals surface area (Å²) < 4.78 is 0. The van der Waals surface area contributed by atoms with Crippen LogP contribution in [0.4, 0.5) is 0 Å². The van der Waals surface area contributed by atoms with Crippen LogP contribution in [-0.2, 0) is 4.79 Å². The van der Waals surface area contributed by atoms with Gasteiger partial charge < -0.3 is 10.2 Å². The lowest BCUT2D eigenvalue weighted by Crippen LogP contribution is -2.50. The predicted molar refractivity (Wildman–Crippen MR) is 106 cm³/mol. The number of pyridine rings is 1. The van der Waals surface area contributed by atoms with Gasteiger partial charge >= 0.3 is 0 Å². The summed E-state index contributed by atoms with van der Waals surface area (Å²) in [5.41, 5.74) is 2.31. The third-order valence-electron chi connectivity index (χ3n) is 5.02. The van der Waals surface area contributed by atoms with E-state index in [-0.39, 0.29) is 30.4 Å². The molecule has 140 valence electrons. The number of hydrogen-bond donors (Lipinski definition) is 1. The van der Waals surface area contributed by atoms with Crippen LogP contribution in [0.3, 0.4) is 0 Å². The second kappa shape index (κ2) is 9.67. The van der Waals surface area contributed by atoms with Crippen molar-refractivity contribution in [3.8, 4) is 0 Å². The fraction of sp³-hybridized carbons (Fsp3) is 0.400. The maximum absolute atomic E-state index is 12.9. The molecular formula is C20H27ClN4O. The van der Waals surface area contributed by atoms with Gasteiger partial charge in [-0.2, -0.15) is 0 Å². The maximum Gasteiger partial charge on any atom is 0.237 e. The van der Waals surface area contributed by atoms with E-state index >= 15 is 0 Å². The Morgan fingerprint density at radius 2 is 2.08 bits per heavy atom. The smallest absolute Gasteiger partial charge is 0.237 e. The number of nitrogens with one attached hydrogen (secondary N) is 1. The Hall–Kier alpha value is -1.95. The molecule has 0 saturated carbocycles. The summed E-state index contributed by atoms with van der Waals surface area (Å²) in [5, 5.41) is 3.42. The summed E-state index contributed by atoms with van der Waals surface area (Å²) in [5.74, 6) is 0.146. The number of piperazine rings is 1. The quantitative estimate of drug-likeness (QED) is 0.874. The minimum atomic E-state index is 0. The molecule has 1 saturated heterocycles. The minimum Gasteiger partial charge on any atom is -0.338 e. The van der Waals surface area contributed by atoms with Gasteiger partial charge in [-0.15, -0.1) is 12.4 Å². The zero-order chi connectivity index (χ0) is 17.6. The van der Waals surface area contributed by atoms with Gasteiger partial charge in [0.2, 0.25) is 5.91 Å². The van der Waals surface area contributed by atoms with Gasteiger partial charge in [-0.1, -0.05) is 36.4 Å². The van der Waals surface area contributed by atoms with Crippen LogP contribution in [0, 0.1) is 0 Å². The van der Waals surface area contributed by atoms with Crippen LogP contribution in [0.1, 0.15) is 30.1 Å². The maximum atomic E-state index is 12.9. The van der Waals surface area contributed by atoms with Crippen molar-refractivity contribution in [2.45, 2.75) is 19.0 Å². The van der Waals surface area contributed by atoms with Crippen molar-refractivity contribution >= 4 is 18.3 Å². The van der Waals surface area contributed by atoms with Gasteiger partial charge in [0.05, 0.1) is 12.6 Å². The number of carbonyl (C=O) groups excluding carboxylic acids is 1. The zero-order valence-electron chi connectivity index (χ0n) is 15.3. The minimum absolute atomic E-state index is 0. The number of rotatable bonds is 5. The van der Waals surface area contributed by atoms with E-state index in [1.165, 1.54) is 0 Å². The number of amides is 1. The molecular weight excluding hydrogens is 348 g/mol. The van der Waals surface area contributed by atoms with Crippen LogP contribution in [0.15, 0.2) is 54.9 Å². The highest BCUT2D eigenvalue weighted by atomic mass is 35.5. The molecule has 1 amide bonds. The Balaban J connectivity index is 0.00000243. The molecule has 1 aliphatic heterocycles. The summed E-state index contributed by atoms with van der Waals surface area (Å²) in [4.78, 5) is 21.2. The molecule has 0 radical (unpaired) electrons. The number of halogens is 1. The molecule has 1 fully saturated rings. The van der Waals surface area contributed by atoms with Gasteiger partial charge in [0.25, 0.3) is 0 Å². The standard InChI is InChI=1S/C20H26N4O.ClH/c1-16(17-7-4-3-5-8-17)23(2)20(25)15-24-12-11-22-14-19(24)18-9-6-10-21-13-18;/h3-10,13,16,19,22H,11-12,14-15H2,1-2H3;1H. The first-order chi connectivity index (χ1) is 12.2. The fourth-order valence-electron chi connectivity index (χ4n) is 3.29. The molecule has 2 unspecified atom stereocenters. The SMILES string of the molecule is CC(c1ccccc1)N(C)C(=O)CN1CCNCC1c1cccnc1.Cl. The third kappa shape index (κ3) is 4.81. The lowest BCUT2D eigenvalue weighted by atomic mass is 10.0. The van der Waals surface area contributed by atoms with Crippen molar-refractivity contribution in [3.63, 3.8) is 0 Å². The molecule has 0 spiro atoms.